The van der Waals surface area contributed by atoms with E-state index in [0.717, 1.165) is 0 Å². The van der Waals surface area contributed by atoms with Gasteiger partial charge in [0.2, 0.25) is 0 Å². The van der Waals surface area contributed by atoms with Crippen molar-refractivity contribution in [2.45, 2.75) is 18.5 Å². The molecule has 0 atom stereocenters. The molecule has 1 aliphatic heterocycles. The molecular formula is C4H3F5N2O. The van der Waals surface area contributed by atoms with Gasteiger partial charge in [-0.2, -0.15) is 32.2 Å². The van der Waals surface area contributed by atoms with Crippen LogP contribution in [0.25, 0.3) is 0 Å². The average Bonchev–Trinajstić information content (AvgIpc) is 2.62. The summed E-state index contributed by atoms with van der Waals surface area (Å²) in [6.07, 6.45) is -10.5. The molecule has 0 amide bonds. The first-order valence-corrected chi connectivity index (χ1v) is 2.80. The molecule has 0 unspecified atom stereocenters. The molecule has 0 saturated carbocycles. The summed E-state index contributed by atoms with van der Waals surface area (Å²) in [6.45, 7) is -2.00. The first-order valence-electron chi connectivity index (χ1n) is 2.80. The highest BCUT2D eigenvalue weighted by atomic mass is 19.4. The lowest BCUT2D eigenvalue weighted by molar-refractivity contribution is -0.289. The van der Waals surface area contributed by atoms with E-state index in [1.165, 1.54) is 0 Å². The maximum absolute atomic E-state index is 12.2. The lowest BCUT2D eigenvalue weighted by Crippen LogP contribution is -2.32. The van der Waals surface area contributed by atoms with Crippen LogP contribution in [0, 0.1) is 0 Å². The zero-order valence-electron chi connectivity index (χ0n) is 5.48. The fourth-order valence-corrected chi connectivity index (χ4v) is 0.420. The molecule has 1 heterocycles. The highest BCUT2D eigenvalue weighted by molar-refractivity contribution is 4.80. The molecule has 0 radical (unpaired) electrons. The van der Waals surface area contributed by atoms with Gasteiger partial charge in [0.15, 0.2) is 0 Å². The monoisotopic (exact) mass is 190 g/mol. The molecule has 0 aromatic heterocycles. The van der Waals surface area contributed by atoms with Crippen molar-refractivity contribution in [1.29, 1.82) is 0 Å². The molecule has 0 N–H and O–H groups in total. The van der Waals surface area contributed by atoms with E-state index >= 15 is 0 Å². The van der Waals surface area contributed by atoms with Gasteiger partial charge in [-0.3, -0.25) is 0 Å². The lowest BCUT2D eigenvalue weighted by Gasteiger charge is -2.14. The largest absolute Gasteiger partial charge is 0.412 e. The Morgan fingerprint density at radius 3 is 1.92 bits per heavy atom. The number of halogens is 5. The minimum absolute atomic E-state index is 1.76. The summed E-state index contributed by atoms with van der Waals surface area (Å²) in [5, 5.41) is 5.51. The number of ether oxygens (including phenoxy) is 1. The third kappa shape index (κ3) is 2.68. The minimum Gasteiger partial charge on any atom is -0.308 e. The van der Waals surface area contributed by atoms with Crippen LogP contribution in [0.15, 0.2) is 10.2 Å². The van der Waals surface area contributed by atoms with Gasteiger partial charge in [0.05, 0.1) is 0 Å². The predicted octanol–water partition coefficient (Wildman–Crippen LogP) is 1.95. The Balaban J connectivity index is 2.30. The van der Waals surface area contributed by atoms with Gasteiger partial charge in [0.25, 0.3) is 6.17 Å². The highest BCUT2D eigenvalue weighted by Gasteiger charge is 2.50. The Labute approximate surface area is 63.2 Å². The van der Waals surface area contributed by atoms with Crippen molar-refractivity contribution in [2.24, 2.45) is 10.2 Å². The van der Waals surface area contributed by atoms with Crippen LogP contribution in [0.4, 0.5) is 22.0 Å². The van der Waals surface area contributed by atoms with Crippen molar-refractivity contribution < 1.29 is 26.7 Å². The van der Waals surface area contributed by atoms with Crippen molar-refractivity contribution in [3.63, 3.8) is 0 Å². The van der Waals surface area contributed by atoms with E-state index in [-0.39, 0.29) is 0 Å². The van der Waals surface area contributed by atoms with E-state index in [4.69, 9.17) is 0 Å². The van der Waals surface area contributed by atoms with Gasteiger partial charge in [0, 0.05) is 0 Å². The quantitative estimate of drug-likeness (QED) is 0.626. The Morgan fingerprint density at radius 2 is 1.58 bits per heavy atom. The van der Waals surface area contributed by atoms with E-state index in [9.17, 15) is 22.0 Å². The Morgan fingerprint density at radius 1 is 1.08 bits per heavy atom. The lowest BCUT2D eigenvalue weighted by atomic mass is 10.5. The molecule has 70 valence electrons. The summed E-state index contributed by atoms with van der Waals surface area (Å²) in [5.74, 6) is 0. The topological polar surface area (TPSA) is 34.0 Å². The molecule has 0 saturated heterocycles. The zero-order valence-corrected chi connectivity index (χ0v) is 5.48. The maximum atomic E-state index is 12.2. The van der Waals surface area contributed by atoms with Crippen LogP contribution in [0.3, 0.4) is 0 Å². The van der Waals surface area contributed by atoms with Gasteiger partial charge in [-0.05, 0) is 0 Å². The SMILES string of the molecule is FC(F)(F)COC(F)(F)C1N=N1. The first kappa shape index (κ1) is 9.30. The summed E-state index contributed by atoms with van der Waals surface area (Å²) in [5.41, 5.74) is 0. The van der Waals surface area contributed by atoms with Gasteiger partial charge >= 0.3 is 12.3 Å². The van der Waals surface area contributed by atoms with Gasteiger partial charge in [-0.1, -0.05) is 0 Å². The molecular weight excluding hydrogens is 187 g/mol. The van der Waals surface area contributed by atoms with Crippen LogP contribution < -0.4 is 0 Å². The third-order valence-electron chi connectivity index (χ3n) is 0.960. The van der Waals surface area contributed by atoms with E-state index in [2.05, 4.69) is 15.0 Å². The Hall–Kier alpha value is -0.790. The van der Waals surface area contributed by atoms with Crippen molar-refractivity contribution in [2.75, 3.05) is 6.61 Å². The van der Waals surface area contributed by atoms with Gasteiger partial charge in [0.1, 0.15) is 6.61 Å². The number of nitrogens with zero attached hydrogens (tertiary/aromatic N) is 2. The second kappa shape index (κ2) is 2.61. The van der Waals surface area contributed by atoms with E-state index in [1.807, 2.05) is 0 Å². The Kier molecular flexibility index (Phi) is 2.02. The summed E-state index contributed by atoms with van der Waals surface area (Å²) in [7, 11) is 0. The first-order chi connectivity index (χ1) is 5.31. The van der Waals surface area contributed by atoms with Crippen LogP contribution >= 0.6 is 0 Å². The molecule has 1 aliphatic rings. The number of rotatable bonds is 3. The van der Waals surface area contributed by atoms with Crippen molar-refractivity contribution >= 4 is 0 Å². The molecule has 3 nitrogen and oxygen atoms in total. The van der Waals surface area contributed by atoms with Crippen LogP contribution in [0.2, 0.25) is 0 Å². The molecule has 1 rings (SSSR count). The van der Waals surface area contributed by atoms with Crippen molar-refractivity contribution in [3.8, 4) is 0 Å². The van der Waals surface area contributed by atoms with Gasteiger partial charge < -0.3 is 4.74 Å². The molecule has 0 aliphatic carbocycles. The van der Waals surface area contributed by atoms with Crippen LogP contribution in [-0.4, -0.2) is 25.1 Å². The zero-order chi connectivity index (χ0) is 9.41. The molecule has 0 bridgehead atoms. The molecule has 12 heavy (non-hydrogen) atoms. The van der Waals surface area contributed by atoms with Crippen LogP contribution in [0.1, 0.15) is 0 Å². The third-order valence-corrected chi connectivity index (χ3v) is 0.960. The van der Waals surface area contributed by atoms with Crippen LogP contribution in [0.5, 0.6) is 0 Å². The predicted molar refractivity (Wildman–Crippen MR) is 25.6 cm³/mol. The second-order valence-corrected chi connectivity index (χ2v) is 2.07. The average molecular weight is 190 g/mol. The summed E-state index contributed by atoms with van der Waals surface area (Å²) >= 11 is 0. The van der Waals surface area contributed by atoms with Crippen LogP contribution in [-0.2, 0) is 4.74 Å². The molecule has 0 aromatic rings. The fourth-order valence-electron chi connectivity index (χ4n) is 0.420. The number of hydrogen-bond donors (Lipinski definition) is 0. The van der Waals surface area contributed by atoms with Gasteiger partial charge in [-0.15, -0.1) is 0 Å². The summed E-state index contributed by atoms with van der Waals surface area (Å²) < 4.78 is 61.8. The van der Waals surface area contributed by atoms with Gasteiger partial charge in [-0.25, -0.2) is 0 Å². The highest BCUT2D eigenvalue weighted by Crippen LogP contribution is 2.33. The van der Waals surface area contributed by atoms with E-state index in [1.54, 1.807) is 0 Å². The summed E-state index contributed by atoms with van der Waals surface area (Å²) in [4.78, 5) is 0. The van der Waals surface area contributed by atoms with Crippen molar-refractivity contribution in [3.05, 3.63) is 0 Å². The van der Waals surface area contributed by atoms with E-state index < -0.39 is 25.1 Å². The molecule has 8 heteroatoms. The maximum Gasteiger partial charge on any atom is 0.412 e. The molecule has 0 fully saturated rings. The fraction of sp³-hybridized carbons (Fsp3) is 1.00. The smallest absolute Gasteiger partial charge is 0.308 e. The summed E-state index contributed by atoms with van der Waals surface area (Å²) in [6, 6.07) is 0. The van der Waals surface area contributed by atoms with E-state index in [0.29, 0.717) is 0 Å². The standard InChI is InChI=1S/C4H3F5N2O/c5-3(6,7)1-12-4(8,9)2-10-11-2/h2H,1H2. The normalized spacial score (nSPS) is 18.4. The molecule has 0 spiro atoms. The van der Waals surface area contributed by atoms with Crippen molar-refractivity contribution in [1.82, 2.24) is 0 Å². The number of alkyl halides is 5. The molecule has 0 aromatic carbocycles. The number of hydrogen-bond acceptors (Lipinski definition) is 3. The second-order valence-electron chi connectivity index (χ2n) is 2.07. The minimum atomic E-state index is -4.77. The Bertz CT molecular complexity index is 194.